The van der Waals surface area contributed by atoms with Crippen LogP contribution in [0.1, 0.15) is 60.9 Å². The molecule has 1 fully saturated rings. The van der Waals surface area contributed by atoms with Crippen LogP contribution < -0.4 is 4.74 Å². The van der Waals surface area contributed by atoms with Crippen molar-refractivity contribution in [3.63, 3.8) is 0 Å². The highest BCUT2D eigenvalue weighted by Crippen LogP contribution is 2.37. The first kappa shape index (κ1) is 23.3. The van der Waals surface area contributed by atoms with Crippen LogP contribution in [0, 0.1) is 5.92 Å². The van der Waals surface area contributed by atoms with E-state index in [1.807, 2.05) is 12.1 Å². The predicted molar refractivity (Wildman–Crippen MR) is 136 cm³/mol. The molecule has 7 nitrogen and oxygen atoms in total. The molecule has 2 aliphatic rings. The largest absolute Gasteiger partial charge is 0.481 e. The number of aromatic nitrogens is 3. The smallest absolute Gasteiger partial charge is 0.305 e. The van der Waals surface area contributed by atoms with E-state index in [0.29, 0.717) is 36.3 Å². The number of fused-ring (bicyclic) bond motifs is 1. The fourth-order valence-electron chi connectivity index (χ4n) is 5.17. The van der Waals surface area contributed by atoms with Crippen LogP contribution in [0.5, 0.6) is 5.88 Å². The molecule has 7 heteroatoms. The quantitative estimate of drug-likeness (QED) is 0.481. The Bertz CT molecular complexity index is 1240. The van der Waals surface area contributed by atoms with Gasteiger partial charge in [0.2, 0.25) is 5.88 Å². The summed E-state index contributed by atoms with van der Waals surface area (Å²) in [5.74, 6) is 2.54. The molecular formula is C28H32N4O3. The minimum absolute atomic E-state index is 0.0842. The Labute approximate surface area is 205 Å². The molecular weight excluding hydrogens is 440 g/mol. The number of nitrogens with zero attached hydrogens (tertiary/aromatic N) is 3. The number of methoxy groups -OCH3 is 2. The van der Waals surface area contributed by atoms with E-state index in [1.165, 1.54) is 18.2 Å². The first-order valence-electron chi connectivity index (χ1n) is 12.4. The lowest BCUT2D eigenvalue weighted by Gasteiger charge is -2.28. The van der Waals surface area contributed by atoms with Crippen LogP contribution in [0.15, 0.2) is 53.5 Å². The number of pyridine rings is 1. The molecule has 1 unspecified atom stereocenters. The molecule has 1 N–H and O–H groups in total. The van der Waals surface area contributed by atoms with E-state index in [-0.39, 0.29) is 11.9 Å². The monoisotopic (exact) mass is 472 g/mol. The summed E-state index contributed by atoms with van der Waals surface area (Å²) >= 11 is 0. The molecule has 1 aliphatic heterocycles. The van der Waals surface area contributed by atoms with Crippen LogP contribution in [0.3, 0.4) is 0 Å². The summed E-state index contributed by atoms with van der Waals surface area (Å²) in [5.41, 5.74) is 5.34. The Kier molecular flexibility index (Phi) is 6.93. The van der Waals surface area contributed by atoms with E-state index in [4.69, 9.17) is 14.5 Å². The van der Waals surface area contributed by atoms with Crippen LogP contribution in [0.25, 0.3) is 11.2 Å². The summed E-state index contributed by atoms with van der Waals surface area (Å²) < 4.78 is 10.0. The van der Waals surface area contributed by atoms with E-state index in [9.17, 15) is 4.79 Å². The van der Waals surface area contributed by atoms with Crippen molar-refractivity contribution in [1.29, 1.82) is 0 Å². The standard InChI is InChI=1S/C28H32N4O3/c1-34-25-14-13-24-28(31-25)32-27(30-24)22-11-12-23(29-17-22)15-18-3-7-20(8-4-18)21-9-5-19(6-10-21)16-26(33)35-2/h3-4,7-8,11-14,19,21-22H,5-6,9-10,15-17H2,1-2H3,(H,30,31,32). The lowest BCUT2D eigenvalue weighted by atomic mass is 9.77. The maximum Gasteiger partial charge on any atom is 0.305 e. The molecule has 1 aliphatic carbocycles. The molecule has 3 heterocycles. The molecule has 1 aromatic carbocycles. The summed E-state index contributed by atoms with van der Waals surface area (Å²) in [6.45, 7) is 0.676. The van der Waals surface area contributed by atoms with Crippen molar-refractivity contribution in [3.8, 4) is 5.88 Å². The van der Waals surface area contributed by atoms with Gasteiger partial charge in [0.25, 0.3) is 0 Å². The minimum atomic E-state index is -0.0842. The van der Waals surface area contributed by atoms with E-state index >= 15 is 0 Å². The number of rotatable bonds is 7. The number of allylic oxidation sites excluding steroid dienone is 1. The fraction of sp³-hybridized carbons (Fsp3) is 0.429. The maximum atomic E-state index is 11.5. The molecule has 0 radical (unpaired) electrons. The van der Waals surface area contributed by atoms with Gasteiger partial charge in [0.15, 0.2) is 5.65 Å². The highest BCUT2D eigenvalue weighted by molar-refractivity contribution is 5.97. The Morgan fingerprint density at radius 2 is 1.83 bits per heavy atom. The number of hydrogen-bond donors (Lipinski definition) is 1. The number of ether oxygens (including phenoxy) is 2. The molecule has 0 saturated heterocycles. The van der Waals surface area contributed by atoms with Crippen molar-refractivity contribution in [2.45, 2.75) is 50.4 Å². The van der Waals surface area contributed by atoms with Gasteiger partial charge in [-0.2, -0.15) is 4.98 Å². The van der Waals surface area contributed by atoms with Crippen molar-refractivity contribution in [3.05, 3.63) is 65.5 Å². The summed E-state index contributed by atoms with van der Waals surface area (Å²) in [7, 11) is 3.08. The third-order valence-electron chi connectivity index (χ3n) is 7.28. The summed E-state index contributed by atoms with van der Waals surface area (Å²) in [4.78, 5) is 28.8. The average Bonchev–Trinajstić information content (AvgIpc) is 3.33. The van der Waals surface area contributed by atoms with Crippen molar-refractivity contribution in [1.82, 2.24) is 15.0 Å². The molecule has 2 aromatic heterocycles. The molecule has 0 amide bonds. The molecule has 1 saturated carbocycles. The number of imidazole rings is 1. The second kappa shape index (κ2) is 10.4. The molecule has 0 spiro atoms. The van der Waals surface area contributed by atoms with Crippen LogP contribution in [-0.4, -0.2) is 47.4 Å². The van der Waals surface area contributed by atoms with E-state index < -0.39 is 0 Å². The first-order chi connectivity index (χ1) is 17.1. The number of nitrogens with one attached hydrogen (secondary N) is 1. The summed E-state index contributed by atoms with van der Waals surface area (Å²) in [6, 6.07) is 12.8. The molecule has 3 aromatic rings. The van der Waals surface area contributed by atoms with Gasteiger partial charge >= 0.3 is 5.97 Å². The van der Waals surface area contributed by atoms with Gasteiger partial charge in [-0.3, -0.25) is 9.79 Å². The molecule has 5 rings (SSSR count). The van der Waals surface area contributed by atoms with E-state index in [0.717, 1.165) is 49.2 Å². The van der Waals surface area contributed by atoms with Crippen LogP contribution in [0.4, 0.5) is 0 Å². The average molecular weight is 473 g/mol. The number of H-pyrrole nitrogens is 1. The third-order valence-corrected chi connectivity index (χ3v) is 7.28. The Morgan fingerprint density at radius 1 is 1.03 bits per heavy atom. The molecule has 0 bridgehead atoms. The zero-order valence-corrected chi connectivity index (χ0v) is 20.4. The zero-order chi connectivity index (χ0) is 24.2. The predicted octanol–water partition coefficient (Wildman–Crippen LogP) is 5.14. The number of aromatic amines is 1. The number of esters is 1. The van der Waals surface area contributed by atoms with Gasteiger partial charge in [-0.15, -0.1) is 0 Å². The van der Waals surface area contributed by atoms with E-state index in [1.54, 1.807) is 7.11 Å². The van der Waals surface area contributed by atoms with Gasteiger partial charge in [-0.1, -0.05) is 30.3 Å². The highest BCUT2D eigenvalue weighted by atomic mass is 16.5. The number of hydrogen-bond acceptors (Lipinski definition) is 6. The SMILES string of the molecule is COC(=O)CC1CCC(c2ccc(CC3=NCC(c4nc5nc(OC)ccc5[nH]4)C=C3)cc2)CC1. The lowest BCUT2D eigenvalue weighted by molar-refractivity contribution is -0.142. The Morgan fingerprint density at radius 3 is 2.51 bits per heavy atom. The molecule has 35 heavy (non-hydrogen) atoms. The van der Waals surface area contributed by atoms with Gasteiger partial charge in [0.05, 0.1) is 32.2 Å². The number of dihydropyridines is 1. The minimum Gasteiger partial charge on any atom is -0.481 e. The zero-order valence-electron chi connectivity index (χ0n) is 20.4. The Hall–Kier alpha value is -3.48. The van der Waals surface area contributed by atoms with Gasteiger partial charge in [-0.25, -0.2) is 4.98 Å². The topological polar surface area (TPSA) is 89.5 Å². The van der Waals surface area contributed by atoms with Gasteiger partial charge in [0.1, 0.15) is 5.82 Å². The number of carbonyl (C=O) groups is 1. The number of benzene rings is 1. The van der Waals surface area contributed by atoms with Crippen molar-refractivity contribution in [2.24, 2.45) is 10.9 Å². The van der Waals surface area contributed by atoms with Crippen LogP contribution in [0.2, 0.25) is 0 Å². The number of aliphatic imine (C=N–C) groups is 1. The van der Waals surface area contributed by atoms with Crippen LogP contribution in [-0.2, 0) is 16.0 Å². The third kappa shape index (κ3) is 5.45. The fourth-order valence-corrected chi connectivity index (χ4v) is 5.17. The summed E-state index contributed by atoms with van der Waals surface area (Å²) in [6.07, 6.45) is 10.2. The van der Waals surface area contributed by atoms with Crippen LogP contribution >= 0.6 is 0 Å². The van der Waals surface area contributed by atoms with Crippen molar-refractivity contribution in [2.75, 3.05) is 20.8 Å². The van der Waals surface area contributed by atoms with E-state index in [2.05, 4.69) is 51.4 Å². The van der Waals surface area contributed by atoms with Gasteiger partial charge in [0, 0.05) is 24.6 Å². The van der Waals surface area contributed by atoms with Crippen molar-refractivity contribution >= 4 is 22.8 Å². The summed E-state index contributed by atoms with van der Waals surface area (Å²) in [5, 5.41) is 0. The highest BCUT2D eigenvalue weighted by Gasteiger charge is 2.24. The van der Waals surface area contributed by atoms with Gasteiger partial charge in [-0.05, 0) is 60.8 Å². The van der Waals surface area contributed by atoms with Gasteiger partial charge < -0.3 is 14.5 Å². The molecule has 1 atom stereocenters. The second-order valence-electron chi connectivity index (χ2n) is 9.56. The lowest BCUT2D eigenvalue weighted by Crippen LogP contribution is -2.17. The van der Waals surface area contributed by atoms with Crippen molar-refractivity contribution < 1.29 is 14.3 Å². The number of carbonyl (C=O) groups excluding carboxylic acids is 1. The Balaban J connectivity index is 1.15. The molecule has 182 valence electrons. The second-order valence-corrected chi connectivity index (χ2v) is 9.56. The first-order valence-corrected chi connectivity index (χ1v) is 12.4. The maximum absolute atomic E-state index is 11.5. The normalized spacial score (nSPS) is 22.1.